The average Bonchev–Trinajstić information content (AvgIpc) is 3.41. The fourth-order valence-electron chi connectivity index (χ4n) is 3.87. The second kappa shape index (κ2) is 15.0. The molecule has 0 unspecified atom stereocenters. The Morgan fingerprint density at radius 3 is 2.27 bits per heavy atom. The molecule has 2 heterocycles. The van der Waals surface area contributed by atoms with Gasteiger partial charge in [0.2, 0.25) is 18.0 Å². The summed E-state index contributed by atoms with van der Waals surface area (Å²) in [6, 6.07) is 17.9. The van der Waals surface area contributed by atoms with Gasteiger partial charge in [0.15, 0.2) is 0 Å². The molecule has 41 heavy (non-hydrogen) atoms. The molecule has 9 nitrogen and oxygen atoms in total. The number of aliphatic imine (C=N–C) groups is 1. The Bertz CT molecular complexity index is 1360. The molecule has 0 bridgehead atoms. The third-order valence-electron chi connectivity index (χ3n) is 5.83. The minimum absolute atomic E-state index is 0.441. The summed E-state index contributed by atoms with van der Waals surface area (Å²) < 4.78 is 42.6. The summed E-state index contributed by atoms with van der Waals surface area (Å²) in [4.78, 5) is 43.1. The molecule has 3 aromatic rings. The van der Waals surface area contributed by atoms with E-state index in [1.165, 1.54) is 11.9 Å². The third-order valence-corrected chi connectivity index (χ3v) is 5.83. The number of hydrogen-bond donors (Lipinski definition) is 2. The van der Waals surface area contributed by atoms with Crippen LogP contribution in [0.1, 0.15) is 36.1 Å². The number of carbonyl (C=O) groups excluding carboxylic acids is 3. The zero-order chi connectivity index (χ0) is 30.6. The molecule has 216 valence electrons. The molecule has 3 N–H and O–H groups in total. The van der Waals surface area contributed by atoms with E-state index in [9.17, 15) is 27.6 Å². The lowest BCUT2D eigenvalue weighted by Gasteiger charge is -2.23. The predicted molar refractivity (Wildman–Crippen MR) is 148 cm³/mol. The maximum Gasteiger partial charge on any atom is 0.389 e. The van der Waals surface area contributed by atoms with Crippen molar-refractivity contribution in [3.63, 3.8) is 0 Å². The maximum absolute atomic E-state index is 13.1. The summed E-state index contributed by atoms with van der Waals surface area (Å²) in [5.41, 5.74) is 8.41. The van der Waals surface area contributed by atoms with Crippen LogP contribution in [-0.4, -0.2) is 48.0 Å². The van der Waals surface area contributed by atoms with Crippen LogP contribution in [0.15, 0.2) is 76.4 Å². The predicted octanol–water partition coefficient (Wildman–Crippen LogP) is 4.01. The van der Waals surface area contributed by atoms with Crippen LogP contribution in [0.4, 0.5) is 18.9 Å². The molecule has 2 atom stereocenters. The number of nitrogens with one attached hydrogen (secondary N) is 1. The molecule has 4 rings (SSSR count). The minimum atomic E-state index is -4.51. The summed E-state index contributed by atoms with van der Waals surface area (Å²) >= 11 is 0. The van der Waals surface area contributed by atoms with Gasteiger partial charge < -0.3 is 20.5 Å². The third kappa shape index (κ3) is 9.65. The van der Waals surface area contributed by atoms with Gasteiger partial charge in [-0.15, -0.1) is 12.8 Å². The highest BCUT2D eigenvalue weighted by Gasteiger charge is 2.35. The molecule has 0 saturated carbocycles. The van der Waals surface area contributed by atoms with Gasteiger partial charge >= 0.3 is 6.18 Å². The van der Waals surface area contributed by atoms with E-state index in [1.54, 1.807) is 60.9 Å². The number of amides is 3. The maximum atomic E-state index is 13.1. The van der Waals surface area contributed by atoms with Crippen LogP contribution in [0.2, 0.25) is 0 Å². The van der Waals surface area contributed by atoms with Crippen LogP contribution in [0.5, 0.6) is 0 Å². The van der Waals surface area contributed by atoms with Crippen LogP contribution >= 0.6 is 0 Å². The summed E-state index contributed by atoms with van der Waals surface area (Å²) in [6.07, 6.45) is 1.18. The molecular weight excluding hydrogens is 539 g/mol. The molecule has 0 saturated heterocycles. The number of para-hydroxylation sites is 1. The van der Waals surface area contributed by atoms with E-state index in [-0.39, 0.29) is 0 Å². The van der Waals surface area contributed by atoms with Crippen molar-refractivity contribution >= 4 is 29.1 Å². The van der Waals surface area contributed by atoms with Gasteiger partial charge in [0, 0.05) is 43.0 Å². The van der Waals surface area contributed by atoms with Gasteiger partial charge in [-0.3, -0.25) is 14.4 Å². The first-order valence-electron chi connectivity index (χ1n) is 12.3. The standard InChI is InChI=1S/C23H23F3N4O3.C4H5NO.C2H2/c1-30-17-10-6-5-9-16(17)19(14-7-3-2-4-8-14)28-20(22(30)33)29-21(32)15(13-18(27)31)11-12-23(24,25)26;1-4-2-3-6-5-4;1-2/h2-10,15,20H,11-13H2,1H3,(H2,27,31)(H,29,32);2-3H,1H3;1-2H/t15-,20-;;/m1../s1. The number of nitrogens with zero attached hydrogens (tertiary/aromatic N) is 3. The second-order valence-corrected chi connectivity index (χ2v) is 8.83. The van der Waals surface area contributed by atoms with Crippen molar-refractivity contribution in [3.05, 3.63) is 83.7 Å². The van der Waals surface area contributed by atoms with Crippen LogP contribution in [0.3, 0.4) is 0 Å². The number of rotatable bonds is 7. The summed E-state index contributed by atoms with van der Waals surface area (Å²) in [6.45, 7) is 1.88. The topological polar surface area (TPSA) is 131 Å². The fourth-order valence-corrected chi connectivity index (χ4v) is 3.87. The van der Waals surface area contributed by atoms with Gasteiger partial charge in [-0.1, -0.05) is 53.7 Å². The normalized spacial score (nSPS) is 15.0. The molecule has 0 aliphatic carbocycles. The zero-order valence-corrected chi connectivity index (χ0v) is 22.5. The number of nitrogens with two attached hydrogens (primary N) is 1. The van der Waals surface area contributed by atoms with Crippen molar-refractivity contribution < 1.29 is 32.1 Å². The Kier molecular flexibility index (Phi) is 11.8. The van der Waals surface area contributed by atoms with Gasteiger partial charge in [-0.2, -0.15) is 13.2 Å². The number of aromatic nitrogens is 1. The number of anilines is 1. The molecule has 0 radical (unpaired) electrons. The Hall–Kier alpha value is -4.92. The quantitative estimate of drug-likeness (QED) is 0.415. The zero-order valence-electron chi connectivity index (χ0n) is 22.5. The number of benzodiazepines with no additional fused rings is 1. The van der Waals surface area contributed by atoms with Crippen molar-refractivity contribution in [3.8, 4) is 12.8 Å². The highest BCUT2D eigenvalue weighted by atomic mass is 19.4. The highest BCUT2D eigenvalue weighted by molar-refractivity contribution is 6.20. The molecule has 0 fully saturated rings. The molecular formula is C29H30F3N5O4. The Labute approximate surface area is 235 Å². The van der Waals surface area contributed by atoms with Crippen LogP contribution in [-0.2, 0) is 14.4 Å². The fraction of sp³-hybridized carbons (Fsp3) is 0.276. The summed E-state index contributed by atoms with van der Waals surface area (Å²) in [7, 11) is 1.52. The van der Waals surface area contributed by atoms with Crippen molar-refractivity contribution in [2.45, 2.75) is 38.5 Å². The van der Waals surface area contributed by atoms with E-state index in [0.717, 1.165) is 5.69 Å². The van der Waals surface area contributed by atoms with Gasteiger partial charge in [0.1, 0.15) is 6.26 Å². The van der Waals surface area contributed by atoms with E-state index >= 15 is 0 Å². The first-order valence-corrected chi connectivity index (χ1v) is 12.3. The number of likely N-dealkylation sites (N-methyl/N-ethyl adjacent to an activating group) is 1. The van der Waals surface area contributed by atoms with Gasteiger partial charge in [0.05, 0.1) is 17.1 Å². The average molecular weight is 570 g/mol. The van der Waals surface area contributed by atoms with E-state index in [4.69, 9.17) is 5.73 Å². The van der Waals surface area contributed by atoms with Crippen LogP contribution in [0.25, 0.3) is 0 Å². The number of aryl methyl sites for hydroxylation is 1. The monoisotopic (exact) mass is 569 g/mol. The number of benzene rings is 2. The Balaban J connectivity index is 0.000000640. The molecule has 2 aromatic carbocycles. The number of halogens is 3. The molecule has 0 spiro atoms. The SMILES string of the molecule is C#C.CN1C(=O)[C@@H](NC(=O)[C@H](CCC(F)(F)F)CC(N)=O)N=C(c2ccccc2)c2ccccc21.Cc1ccon1. The largest absolute Gasteiger partial charge is 0.389 e. The lowest BCUT2D eigenvalue weighted by Crippen LogP contribution is -2.48. The van der Waals surface area contributed by atoms with Gasteiger partial charge in [0.25, 0.3) is 5.91 Å². The number of alkyl halides is 3. The van der Waals surface area contributed by atoms with E-state index in [2.05, 4.69) is 32.8 Å². The number of primary amides is 1. The number of fused-ring (bicyclic) bond motifs is 1. The highest BCUT2D eigenvalue weighted by Crippen LogP contribution is 2.28. The summed E-state index contributed by atoms with van der Waals surface area (Å²) in [5, 5.41) is 5.96. The molecule has 1 aliphatic heterocycles. The number of terminal acetylenes is 1. The van der Waals surface area contributed by atoms with Gasteiger partial charge in [-0.05, 0) is 19.4 Å². The molecule has 1 aromatic heterocycles. The molecule has 12 heteroatoms. The van der Waals surface area contributed by atoms with Crippen LogP contribution in [0, 0.1) is 25.7 Å². The Morgan fingerprint density at radius 1 is 1.10 bits per heavy atom. The molecule has 3 amide bonds. The minimum Gasteiger partial charge on any atom is -0.370 e. The first kappa shape index (κ1) is 32.3. The number of carbonyl (C=O) groups is 3. The smallest absolute Gasteiger partial charge is 0.370 e. The molecule has 1 aliphatic rings. The van der Waals surface area contributed by atoms with Crippen molar-refractivity contribution in [2.24, 2.45) is 16.6 Å². The summed E-state index contributed by atoms with van der Waals surface area (Å²) in [5.74, 6) is -3.73. The van der Waals surface area contributed by atoms with Crippen molar-refractivity contribution in [2.75, 3.05) is 11.9 Å². The van der Waals surface area contributed by atoms with Crippen LogP contribution < -0.4 is 16.0 Å². The lowest BCUT2D eigenvalue weighted by atomic mass is 9.97. The lowest BCUT2D eigenvalue weighted by molar-refractivity contribution is -0.143. The van der Waals surface area contributed by atoms with E-state index in [0.29, 0.717) is 22.5 Å². The first-order chi connectivity index (χ1) is 19.5. The Morgan fingerprint density at radius 2 is 1.73 bits per heavy atom. The van der Waals surface area contributed by atoms with Crippen molar-refractivity contribution in [1.29, 1.82) is 0 Å². The van der Waals surface area contributed by atoms with Crippen molar-refractivity contribution in [1.82, 2.24) is 10.5 Å². The van der Waals surface area contributed by atoms with E-state index in [1.807, 2.05) is 13.0 Å². The number of hydrogen-bond acceptors (Lipinski definition) is 6. The van der Waals surface area contributed by atoms with E-state index < -0.39 is 55.2 Å². The second-order valence-electron chi connectivity index (χ2n) is 8.83. The van der Waals surface area contributed by atoms with Gasteiger partial charge in [-0.25, -0.2) is 4.99 Å².